The summed E-state index contributed by atoms with van der Waals surface area (Å²) in [7, 11) is 3.23. The van der Waals surface area contributed by atoms with Gasteiger partial charge in [0.25, 0.3) is 0 Å². The SMILES string of the molecule is COCCN(CCOC)c1ncnc(N(CC#N)CC#N)c1N. The van der Waals surface area contributed by atoms with Crippen molar-refractivity contribution in [3.05, 3.63) is 6.33 Å². The Bertz CT molecular complexity index is 543. The summed E-state index contributed by atoms with van der Waals surface area (Å²) in [6, 6.07) is 4.00. The van der Waals surface area contributed by atoms with Crippen LogP contribution in [0.2, 0.25) is 0 Å². The topological polar surface area (TPSA) is 124 Å². The van der Waals surface area contributed by atoms with E-state index in [1.165, 1.54) is 11.2 Å². The third kappa shape index (κ3) is 5.25. The van der Waals surface area contributed by atoms with E-state index < -0.39 is 0 Å². The molecule has 0 aliphatic rings. The van der Waals surface area contributed by atoms with Crippen LogP contribution < -0.4 is 15.5 Å². The van der Waals surface area contributed by atoms with Crippen LogP contribution in [0.15, 0.2) is 6.33 Å². The molecule has 9 heteroatoms. The monoisotopic (exact) mass is 319 g/mol. The number of hydrogen-bond donors (Lipinski definition) is 1. The molecule has 1 rings (SSSR count). The third-order valence-corrected chi connectivity index (χ3v) is 3.09. The Morgan fingerprint density at radius 3 is 1.91 bits per heavy atom. The Labute approximate surface area is 135 Å². The largest absolute Gasteiger partial charge is 0.393 e. The lowest BCUT2D eigenvalue weighted by atomic mass is 10.3. The highest BCUT2D eigenvalue weighted by molar-refractivity contribution is 5.76. The first kappa shape index (κ1) is 18.4. The number of hydrogen-bond acceptors (Lipinski definition) is 9. The number of nitriles is 2. The number of anilines is 3. The summed E-state index contributed by atoms with van der Waals surface area (Å²) in [4.78, 5) is 11.8. The molecule has 0 unspecified atom stereocenters. The van der Waals surface area contributed by atoms with Crippen LogP contribution in [0.1, 0.15) is 0 Å². The zero-order valence-corrected chi connectivity index (χ0v) is 13.4. The predicted octanol–water partition coefficient (Wildman–Crippen LogP) is 0.0116. The van der Waals surface area contributed by atoms with Crippen LogP contribution in [-0.2, 0) is 9.47 Å². The van der Waals surface area contributed by atoms with E-state index in [2.05, 4.69) is 9.97 Å². The van der Waals surface area contributed by atoms with Crippen LogP contribution in [-0.4, -0.2) is 63.6 Å². The third-order valence-electron chi connectivity index (χ3n) is 3.09. The van der Waals surface area contributed by atoms with Crippen molar-refractivity contribution in [2.75, 3.05) is 69.1 Å². The summed E-state index contributed by atoms with van der Waals surface area (Å²) in [6.07, 6.45) is 1.37. The fourth-order valence-corrected chi connectivity index (χ4v) is 1.98. The molecule has 124 valence electrons. The van der Waals surface area contributed by atoms with Crippen molar-refractivity contribution in [2.24, 2.45) is 0 Å². The molecule has 0 fully saturated rings. The Kier molecular flexibility index (Phi) is 8.14. The summed E-state index contributed by atoms with van der Waals surface area (Å²) in [6.45, 7) is 2.20. The van der Waals surface area contributed by atoms with Crippen molar-refractivity contribution in [1.29, 1.82) is 10.5 Å². The average Bonchev–Trinajstić information content (AvgIpc) is 2.56. The van der Waals surface area contributed by atoms with Crippen molar-refractivity contribution >= 4 is 17.3 Å². The van der Waals surface area contributed by atoms with Gasteiger partial charge in [-0.1, -0.05) is 0 Å². The summed E-state index contributed by atoms with van der Waals surface area (Å²) >= 11 is 0. The maximum Gasteiger partial charge on any atom is 0.159 e. The average molecular weight is 319 g/mol. The lowest BCUT2D eigenvalue weighted by Crippen LogP contribution is -2.33. The number of nitrogen functional groups attached to an aromatic ring is 1. The molecule has 0 aromatic carbocycles. The number of nitrogens with zero attached hydrogens (tertiary/aromatic N) is 6. The lowest BCUT2D eigenvalue weighted by molar-refractivity contribution is 0.190. The minimum Gasteiger partial charge on any atom is -0.393 e. The van der Waals surface area contributed by atoms with Gasteiger partial charge in [0.1, 0.15) is 25.1 Å². The van der Waals surface area contributed by atoms with E-state index in [4.69, 9.17) is 25.7 Å². The van der Waals surface area contributed by atoms with Crippen molar-refractivity contribution in [1.82, 2.24) is 9.97 Å². The Balaban J connectivity index is 3.12. The smallest absolute Gasteiger partial charge is 0.159 e. The van der Waals surface area contributed by atoms with Crippen LogP contribution in [0.5, 0.6) is 0 Å². The van der Waals surface area contributed by atoms with E-state index in [1.807, 2.05) is 17.0 Å². The van der Waals surface area contributed by atoms with Crippen LogP contribution in [0.4, 0.5) is 17.3 Å². The molecular formula is C14H21N7O2. The molecule has 0 atom stereocenters. The van der Waals surface area contributed by atoms with Gasteiger partial charge in [0, 0.05) is 27.3 Å². The second-order valence-electron chi connectivity index (χ2n) is 4.58. The van der Waals surface area contributed by atoms with Crippen LogP contribution in [0.25, 0.3) is 0 Å². The molecule has 23 heavy (non-hydrogen) atoms. The molecule has 0 bridgehead atoms. The second kappa shape index (κ2) is 10.2. The van der Waals surface area contributed by atoms with Gasteiger partial charge in [-0.2, -0.15) is 10.5 Å². The molecule has 9 nitrogen and oxygen atoms in total. The van der Waals surface area contributed by atoms with Crippen molar-refractivity contribution < 1.29 is 9.47 Å². The summed E-state index contributed by atoms with van der Waals surface area (Å²) < 4.78 is 10.2. The van der Waals surface area contributed by atoms with E-state index >= 15 is 0 Å². The molecule has 0 aliphatic carbocycles. The number of rotatable bonds is 10. The van der Waals surface area contributed by atoms with E-state index in [0.717, 1.165) is 0 Å². The highest BCUT2D eigenvalue weighted by Crippen LogP contribution is 2.28. The van der Waals surface area contributed by atoms with E-state index in [1.54, 1.807) is 14.2 Å². The molecule has 1 aromatic heterocycles. The van der Waals surface area contributed by atoms with Gasteiger partial charge in [0.2, 0.25) is 0 Å². The Morgan fingerprint density at radius 1 is 1.00 bits per heavy atom. The van der Waals surface area contributed by atoms with Crippen LogP contribution in [0.3, 0.4) is 0 Å². The molecule has 0 aliphatic heterocycles. The Hall–Kier alpha value is -2.62. The van der Waals surface area contributed by atoms with Gasteiger partial charge in [0.05, 0.1) is 25.4 Å². The lowest BCUT2D eigenvalue weighted by Gasteiger charge is -2.26. The van der Waals surface area contributed by atoms with Gasteiger partial charge in [-0.15, -0.1) is 0 Å². The van der Waals surface area contributed by atoms with Gasteiger partial charge < -0.3 is 25.0 Å². The molecule has 0 spiro atoms. The normalized spacial score (nSPS) is 9.91. The molecule has 1 aromatic rings. The van der Waals surface area contributed by atoms with E-state index in [9.17, 15) is 0 Å². The molecule has 0 radical (unpaired) electrons. The number of nitrogens with two attached hydrogens (primary N) is 1. The molecule has 0 amide bonds. The highest BCUT2D eigenvalue weighted by Gasteiger charge is 2.18. The Morgan fingerprint density at radius 2 is 1.48 bits per heavy atom. The maximum absolute atomic E-state index is 8.90. The minimum absolute atomic E-state index is 0.0182. The highest BCUT2D eigenvalue weighted by atomic mass is 16.5. The zero-order chi connectivity index (χ0) is 17.1. The first-order valence-electron chi connectivity index (χ1n) is 7.01. The van der Waals surface area contributed by atoms with Crippen LogP contribution in [0, 0.1) is 22.7 Å². The molecule has 1 heterocycles. The van der Waals surface area contributed by atoms with Gasteiger partial charge in [-0.25, -0.2) is 9.97 Å². The van der Waals surface area contributed by atoms with Gasteiger partial charge in [0.15, 0.2) is 11.6 Å². The van der Waals surface area contributed by atoms with Crippen molar-refractivity contribution in [3.8, 4) is 12.1 Å². The predicted molar refractivity (Wildman–Crippen MR) is 85.8 cm³/mol. The van der Waals surface area contributed by atoms with Gasteiger partial charge in [-0.3, -0.25) is 0 Å². The van der Waals surface area contributed by atoms with Crippen LogP contribution >= 0.6 is 0 Å². The molecular weight excluding hydrogens is 298 g/mol. The number of methoxy groups -OCH3 is 2. The quantitative estimate of drug-likeness (QED) is 0.594. The summed E-state index contributed by atoms with van der Waals surface area (Å²) in [5.41, 5.74) is 6.50. The molecule has 2 N–H and O–H groups in total. The van der Waals surface area contributed by atoms with Crippen molar-refractivity contribution in [3.63, 3.8) is 0 Å². The van der Waals surface area contributed by atoms with Crippen molar-refractivity contribution in [2.45, 2.75) is 0 Å². The van der Waals surface area contributed by atoms with Gasteiger partial charge >= 0.3 is 0 Å². The first-order valence-corrected chi connectivity index (χ1v) is 7.01. The second-order valence-corrected chi connectivity index (χ2v) is 4.58. The van der Waals surface area contributed by atoms with E-state index in [-0.39, 0.29) is 13.1 Å². The van der Waals surface area contributed by atoms with Gasteiger partial charge in [-0.05, 0) is 0 Å². The maximum atomic E-state index is 8.90. The molecule has 0 saturated heterocycles. The fraction of sp³-hybridized carbons (Fsp3) is 0.571. The standard InChI is InChI=1S/C14H21N7O2/c1-22-9-7-21(8-10-23-2)14-12(17)13(18-11-19-14)20(5-3-15)6-4-16/h11H,5-10,17H2,1-2H3. The van der Waals surface area contributed by atoms with E-state index in [0.29, 0.717) is 43.6 Å². The summed E-state index contributed by atoms with van der Waals surface area (Å²) in [5, 5.41) is 17.8. The fourth-order valence-electron chi connectivity index (χ4n) is 1.98. The number of aromatic nitrogens is 2. The minimum atomic E-state index is 0.0182. The number of ether oxygens (including phenoxy) is 2. The zero-order valence-electron chi connectivity index (χ0n) is 13.4. The first-order chi connectivity index (χ1) is 11.2. The summed E-state index contributed by atoms with van der Waals surface area (Å²) in [5.74, 6) is 0.905. The molecule has 0 saturated carbocycles.